The van der Waals surface area contributed by atoms with E-state index >= 15 is 0 Å². The van der Waals surface area contributed by atoms with Gasteiger partial charge in [0.15, 0.2) is 0 Å². The summed E-state index contributed by atoms with van der Waals surface area (Å²) in [5.41, 5.74) is 0. The Bertz CT molecular complexity index is 358. The Kier molecular flexibility index (Phi) is 4.18. The summed E-state index contributed by atoms with van der Waals surface area (Å²) < 4.78 is 0. The van der Waals surface area contributed by atoms with Crippen molar-refractivity contribution in [1.29, 1.82) is 0 Å². The average Bonchev–Trinajstić information content (AvgIpc) is 3.00. The summed E-state index contributed by atoms with van der Waals surface area (Å²) in [5.74, 6) is 0.242. The molecule has 1 aliphatic heterocycles. The molecule has 2 unspecified atom stereocenters. The van der Waals surface area contributed by atoms with Crippen molar-refractivity contribution >= 4 is 17.2 Å². The molecule has 0 spiro atoms. The molecule has 2 heterocycles. The van der Waals surface area contributed by atoms with E-state index in [1.807, 2.05) is 17.9 Å². The van der Waals surface area contributed by atoms with Crippen LogP contribution in [-0.2, 0) is 4.79 Å². The van der Waals surface area contributed by atoms with E-state index in [0.717, 1.165) is 25.9 Å². The molecule has 0 aliphatic carbocycles. The van der Waals surface area contributed by atoms with Gasteiger partial charge in [-0.25, -0.2) is 0 Å². The maximum absolute atomic E-state index is 12.1. The topological polar surface area (TPSA) is 32.3 Å². The van der Waals surface area contributed by atoms with Gasteiger partial charge in [-0.05, 0) is 38.1 Å². The van der Waals surface area contributed by atoms with Crippen LogP contribution < -0.4 is 5.32 Å². The lowest BCUT2D eigenvalue weighted by Crippen LogP contribution is -2.44. The van der Waals surface area contributed by atoms with Crippen LogP contribution in [0.1, 0.15) is 37.6 Å². The van der Waals surface area contributed by atoms with Crippen LogP contribution in [0.5, 0.6) is 0 Å². The molecular weight excluding hydrogens is 232 g/mol. The van der Waals surface area contributed by atoms with Crippen molar-refractivity contribution in [3.05, 3.63) is 22.4 Å². The second-order valence-corrected chi connectivity index (χ2v) is 5.64. The number of carbonyl (C=O) groups is 1. The van der Waals surface area contributed by atoms with Gasteiger partial charge in [0, 0.05) is 24.0 Å². The van der Waals surface area contributed by atoms with Gasteiger partial charge in [-0.15, -0.1) is 11.3 Å². The Hall–Kier alpha value is -0.870. The number of hydrogen-bond acceptors (Lipinski definition) is 3. The number of nitrogens with zero attached hydrogens (tertiary/aromatic N) is 1. The molecule has 0 bridgehead atoms. The average molecular weight is 252 g/mol. The quantitative estimate of drug-likeness (QED) is 0.892. The molecular formula is C13H20N2OS. The van der Waals surface area contributed by atoms with Crippen LogP contribution in [0.4, 0.5) is 0 Å². The van der Waals surface area contributed by atoms with Crippen molar-refractivity contribution in [3.8, 4) is 0 Å². The maximum atomic E-state index is 12.1. The van der Waals surface area contributed by atoms with Gasteiger partial charge in [0.2, 0.25) is 5.91 Å². The molecule has 2 rings (SSSR count). The van der Waals surface area contributed by atoms with E-state index in [9.17, 15) is 4.79 Å². The zero-order valence-corrected chi connectivity index (χ0v) is 11.3. The zero-order valence-electron chi connectivity index (χ0n) is 10.5. The third-order valence-corrected chi connectivity index (χ3v) is 4.31. The van der Waals surface area contributed by atoms with E-state index in [1.54, 1.807) is 11.3 Å². The molecule has 1 N–H and O–H groups in total. The highest BCUT2D eigenvalue weighted by atomic mass is 32.1. The van der Waals surface area contributed by atoms with Gasteiger partial charge in [0.25, 0.3) is 0 Å². The van der Waals surface area contributed by atoms with E-state index in [0.29, 0.717) is 0 Å². The highest BCUT2D eigenvalue weighted by Gasteiger charge is 2.24. The molecule has 4 heteroatoms. The lowest BCUT2D eigenvalue weighted by molar-refractivity contribution is -0.132. The van der Waals surface area contributed by atoms with Crippen molar-refractivity contribution in [1.82, 2.24) is 10.2 Å². The first-order valence-corrected chi connectivity index (χ1v) is 7.14. The molecule has 3 nitrogen and oxygen atoms in total. The maximum Gasteiger partial charge on any atom is 0.239 e. The molecule has 1 aliphatic rings. The molecule has 1 fully saturated rings. The fourth-order valence-electron chi connectivity index (χ4n) is 2.28. The zero-order chi connectivity index (χ0) is 12.3. The van der Waals surface area contributed by atoms with Gasteiger partial charge in [-0.2, -0.15) is 0 Å². The lowest BCUT2D eigenvalue weighted by Gasteiger charge is -2.23. The predicted octanol–water partition coefficient (Wildman–Crippen LogP) is 2.41. The van der Waals surface area contributed by atoms with Gasteiger partial charge in [-0.1, -0.05) is 6.07 Å². The van der Waals surface area contributed by atoms with Crippen LogP contribution in [0.25, 0.3) is 0 Å². The third-order valence-electron chi connectivity index (χ3n) is 3.26. The summed E-state index contributed by atoms with van der Waals surface area (Å²) in [6.07, 6.45) is 2.30. The van der Waals surface area contributed by atoms with Crippen LogP contribution in [0.15, 0.2) is 17.5 Å². The van der Waals surface area contributed by atoms with Crippen molar-refractivity contribution < 1.29 is 4.79 Å². The second-order valence-electron chi connectivity index (χ2n) is 4.66. The van der Waals surface area contributed by atoms with E-state index in [4.69, 9.17) is 0 Å². The summed E-state index contributed by atoms with van der Waals surface area (Å²) in [6, 6.07) is 4.31. The van der Waals surface area contributed by atoms with E-state index in [-0.39, 0.29) is 18.0 Å². The Morgan fingerprint density at radius 1 is 1.41 bits per heavy atom. The number of likely N-dealkylation sites (tertiary alicyclic amines) is 1. The molecule has 94 valence electrons. The Morgan fingerprint density at radius 3 is 2.71 bits per heavy atom. The first kappa shape index (κ1) is 12.6. The van der Waals surface area contributed by atoms with Crippen LogP contribution >= 0.6 is 11.3 Å². The minimum absolute atomic E-state index is 0.0924. The van der Waals surface area contributed by atoms with Crippen LogP contribution in [0, 0.1) is 0 Å². The lowest BCUT2D eigenvalue weighted by atomic mass is 10.2. The molecule has 0 radical (unpaired) electrons. The number of nitrogens with one attached hydrogen (secondary N) is 1. The Balaban J connectivity index is 1.87. The molecule has 2 atom stereocenters. The smallest absolute Gasteiger partial charge is 0.239 e. The van der Waals surface area contributed by atoms with E-state index in [1.165, 1.54) is 4.88 Å². The number of rotatable bonds is 4. The Morgan fingerprint density at radius 2 is 2.12 bits per heavy atom. The normalized spacial score (nSPS) is 19.3. The van der Waals surface area contributed by atoms with Crippen LogP contribution in [0.3, 0.4) is 0 Å². The summed E-state index contributed by atoms with van der Waals surface area (Å²) in [4.78, 5) is 15.4. The van der Waals surface area contributed by atoms with Gasteiger partial charge in [0.05, 0.1) is 6.04 Å². The van der Waals surface area contributed by atoms with Gasteiger partial charge in [-0.3, -0.25) is 10.1 Å². The van der Waals surface area contributed by atoms with Crippen molar-refractivity contribution in [2.75, 3.05) is 13.1 Å². The molecule has 1 aromatic heterocycles. The van der Waals surface area contributed by atoms with Gasteiger partial charge in [0.1, 0.15) is 0 Å². The van der Waals surface area contributed by atoms with Gasteiger partial charge < -0.3 is 4.90 Å². The Labute approximate surface area is 107 Å². The third kappa shape index (κ3) is 3.07. The standard InChI is InChI=1S/C13H20N2OS/c1-10(12-6-5-9-17-12)14-11(2)13(16)15-7-3-4-8-15/h5-6,9-11,14H,3-4,7-8H2,1-2H3. The fourth-order valence-corrected chi connectivity index (χ4v) is 3.02. The molecule has 0 saturated carbocycles. The minimum atomic E-state index is -0.0924. The first-order valence-electron chi connectivity index (χ1n) is 6.26. The number of hydrogen-bond donors (Lipinski definition) is 1. The molecule has 0 aromatic carbocycles. The largest absolute Gasteiger partial charge is 0.341 e. The summed E-state index contributed by atoms with van der Waals surface area (Å²) in [5, 5.41) is 5.45. The number of amides is 1. The van der Waals surface area contributed by atoms with Crippen molar-refractivity contribution in [2.24, 2.45) is 0 Å². The highest BCUT2D eigenvalue weighted by Crippen LogP contribution is 2.19. The van der Waals surface area contributed by atoms with Crippen LogP contribution in [0.2, 0.25) is 0 Å². The predicted molar refractivity (Wildman–Crippen MR) is 71.1 cm³/mol. The first-order chi connectivity index (χ1) is 8.18. The highest BCUT2D eigenvalue weighted by molar-refractivity contribution is 7.10. The minimum Gasteiger partial charge on any atom is -0.341 e. The fraction of sp³-hybridized carbons (Fsp3) is 0.615. The SMILES string of the molecule is CC(NC(C)c1cccs1)C(=O)N1CCCC1. The van der Waals surface area contributed by atoms with Crippen molar-refractivity contribution in [2.45, 2.75) is 38.8 Å². The summed E-state index contributed by atoms with van der Waals surface area (Å²) in [6.45, 7) is 5.93. The monoisotopic (exact) mass is 252 g/mol. The van der Waals surface area contributed by atoms with Gasteiger partial charge >= 0.3 is 0 Å². The molecule has 1 amide bonds. The second kappa shape index (κ2) is 5.65. The molecule has 17 heavy (non-hydrogen) atoms. The number of carbonyl (C=O) groups excluding carboxylic acids is 1. The molecule has 1 aromatic rings. The number of thiophene rings is 1. The van der Waals surface area contributed by atoms with E-state index < -0.39 is 0 Å². The van der Waals surface area contributed by atoms with E-state index in [2.05, 4.69) is 23.7 Å². The van der Waals surface area contributed by atoms with Crippen molar-refractivity contribution in [3.63, 3.8) is 0 Å². The summed E-state index contributed by atoms with van der Waals surface area (Å²) in [7, 11) is 0. The molecule has 1 saturated heterocycles. The van der Waals surface area contributed by atoms with Crippen LogP contribution in [-0.4, -0.2) is 29.9 Å². The summed E-state index contributed by atoms with van der Waals surface area (Å²) >= 11 is 1.73.